The summed E-state index contributed by atoms with van der Waals surface area (Å²) in [5.41, 5.74) is 1.86. The van der Waals surface area contributed by atoms with Crippen molar-refractivity contribution in [3.63, 3.8) is 0 Å². The molecular formula is C18H25N3O2. The topological polar surface area (TPSA) is 52.7 Å². The van der Waals surface area contributed by atoms with Crippen LogP contribution in [-0.4, -0.2) is 60.4 Å². The number of nitrogens with one attached hydrogen (secondary N) is 1. The Labute approximate surface area is 137 Å². The number of hydrogen-bond donors (Lipinski definition) is 1. The molecule has 2 aliphatic rings. The highest BCUT2D eigenvalue weighted by molar-refractivity contribution is 5.94. The van der Waals surface area contributed by atoms with Crippen LogP contribution in [0.2, 0.25) is 0 Å². The third-order valence-electron chi connectivity index (χ3n) is 4.45. The van der Waals surface area contributed by atoms with Crippen molar-refractivity contribution in [1.82, 2.24) is 15.1 Å². The Balaban J connectivity index is 1.53. The van der Waals surface area contributed by atoms with Crippen molar-refractivity contribution in [2.45, 2.75) is 32.2 Å². The lowest BCUT2D eigenvalue weighted by Gasteiger charge is -2.22. The quantitative estimate of drug-likeness (QED) is 0.914. The number of carbonyl (C=O) groups is 2. The van der Waals surface area contributed by atoms with E-state index in [-0.39, 0.29) is 11.8 Å². The number of benzene rings is 1. The predicted octanol–water partition coefficient (Wildman–Crippen LogP) is 1.42. The summed E-state index contributed by atoms with van der Waals surface area (Å²) in [6.45, 7) is 5.52. The van der Waals surface area contributed by atoms with Crippen molar-refractivity contribution in [3.05, 3.63) is 35.4 Å². The second-order valence-corrected chi connectivity index (χ2v) is 6.63. The first-order chi connectivity index (χ1) is 11.1. The van der Waals surface area contributed by atoms with Crippen LogP contribution in [0.25, 0.3) is 0 Å². The van der Waals surface area contributed by atoms with E-state index in [1.807, 2.05) is 36.1 Å². The van der Waals surface area contributed by atoms with Crippen molar-refractivity contribution in [2.24, 2.45) is 0 Å². The molecule has 1 saturated carbocycles. The van der Waals surface area contributed by atoms with Gasteiger partial charge in [0.2, 0.25) is 5.91 Å². The third kappa shape index (κ3) is 4.55. The second-order valence-electron chi connectivity index (χ2n) is 6.63. The molecule has 23 heavy (non-hydrogen) atoms. The van der Waals surface area contributed by atoms with E-state index in [9.17, 15) is 9.59 Å². The molecule has 1 aliphatic carbocycles. The Morgan fingerprint density at radius 3 is 2.74 bits per heavy atom. The van der Waals surface area contributed by atoms with Gasteiger partial charge in [-0.05, 0) is 38.3 Å². The molecule has 0 radical (unpaired) electrons. The highest BCUT2D eigenvalue weighted by Gasteiger charge is 2.25. The van der Waals surface area contributed by atoms with Gasteiger partial charge in [0.25, 0.3) is 5.91 Å². The molecule has 0 spiro atoms. The van der Waals surface area contributed by atoms with E-state index in [4.69, 9.17) is 0 Å². The number of aryl methyl sites for hydroxylation is 1. The SMILES string of the molecule is Cc1cccc(C(=O)N2CCCN(CC(=O)NC3CC3)CC2)c1. The zero-order valence-electron chi connectivity index (χ0n) is 13.8. The van der Waals surface area contributed by atoms with Crippen molar-refractivity contribution < 1.29 is 9.59 Å². The van der Waals surface area contributed by atoms with Crippen LogP contribution in [0.3, 0.4) is 0 Å². The zero-order chi connectivity index (χ0) is 16.2. The lowest BCUT2D eigenvalue weighted by molar-refractivity contribution is -0.122. The van der Waals surface area contributed by atoms with Crippen LogP contribution in [0.4, 0.5) is 0 Å². The van der Waals surface area contributed by atoms with Crippen molar-refractivity contribution in [3.8, 4) is 0 Å². The van der Waals surface area contributed by atoms with Gasteiger partial charge in [0.1, 0.15) is 0 Å². The van der Waals surface area contributed by atoms with Crippen LogP contribution in [0, 0.1) is 6.92 Å². The fourth-order valence-corrected chi connectivity index (χ4v) is 3.00. The average molecular weight is 315 g/mol. The summed E-state index contributed by atoms with van der Waals surface area (Å²) < 4.78 is 0. The lowest BCUT2D eigenvalue weighted by Crippen LogP contribution is -2.40. The van der Waals surface area contributed by atoms with E-state index in [0.717, 1.165) is 50.0 Å². The fraction of sp³-hybridized carbons (Fsp3) is 0.556. The normalized spacial score (nSPS) is 19.3. The van der Waals surface area contributed by atoms with E-state index >= 15 is 0 Å². The van der Waals surface area contributed by atoms with Gasteiger partial charge >= 0.3 is 0 Å². The van der Waals surface area contributed by atoms with Gasteiger partial charge in [0.15, 0.2) is 0 Å². The van der Waals surface area contributed by atoms with Crippen LogP contribution in [0.5, 0.6) is 0 Å². The Morgan fingerprint density at radius 1 is 1.17 bits per heavy atom. The molecule has 2 amide bonds. The molecule has 1 N–H and O–H groups in total. The first-order valence-corrected chi connectivity index (χ1v) is 8.49. The Bertz CT molecular complexity index is 583. The summed E-state index contributed by atoms with van der Waals surface area (Å²) in [4.78, 5) is 28.6. The smallest absolute Gasteiger partial charge is 0.253 e. The molecule has 1 saturated heterocycles. The second kappa shape index (κ2) is 7.13. The van der Waals surface area contributed by atoms with E-state index in [0.29, 0.717) is 19.1 Å². The van der Waals surface area contributed by atoms with Crippen molar-refractivity contribution in [1.29, 1.82) is 0 Å². The van der Waals surface area contributed by atoms with Gasteiger partial charge in [-0.25, -0.2) is 0 Å². The summed E-state index contributed by atoms with van der Waals surface area (Å²) in [7, 11) is 0. The minimum atomic E-state index is 0.0954. The van der Waals surface area contributed by atoms with Crippen LogP contribution < -0.4 is 5.32 Å². The summed E-state index contributed by atoms with van der Waals surface area (Å²) in [5, 5.41) is 3.03. The van der Waals surface area contributed by atoms with Gasteiger partial charge in [0, 0.05) is 37.8 Å². The highest BCUT2D eigenvalue weighted by atomic mass is 16.2. The number of rotatable bonds is 4. The molecule has 1 aromatic carbocycles. The maximum atomic E-state index is 12.6. The number of hydrogen-bond acceptors (Lipinski definition) is 3. The number of amides is 2. The van der Waals surface area contributed by atoms with Crippen LogP contribution >= 0.6 is 0 Å². The molecule has 1 aromatic rings. The standard InChI is InChI=1S/C18H25N3O2/c1-14-4-2-5-15(12-14)18(23)21-9-3-8-20(10-11-21)13-17(22)19-16-6-7-16/h2,4-5,12,16H,3,6-11,13H2,1H3,(H,19,22). The molecule has 0 bridgehead atoms. The van der Waals surface area contributed by atoms with Gasteiger partial charge < -0.3 is 10.2 Å². The molecule has 1 aliphatic heterocycles. The number of carbonyl (C=O) groups excluding carboxylic acids is 2. The molecule has 0 unspecified atom stereocenters. The zero-order valence-corrected chi connectivity index (χ0v) is 13.8. The molecule has 3 rings (SSSR count). The average Bonchev–Trinajstić information content (AvgIpc) is 3.34. The third-order valence-corrected chi connectivity index (χ3v) is 4.45. The minimum Gasteiger partial charge on any atom is -0.352 e. The summed E-state index contributed by atoms with van der Waals surface area (Å²) in [6.07, 6.45) is 3.14. The van der Waals surface area contributed by atoms with E-state index in [1.165, 1.54) is 0 Å². The van der Waals surface area contributed by atoms with Crippen LogP contribution in [-0.2, 0) is 4.79 Å². The van der Waals surface area contributed by atoms with Crippen molar-refractivity contribution >= 4 is 11.8 Å². The molecular weight excluding hydrogens is 290 g/mol. The fourth-order valence-electron chi connectivity index (χ4n) is 3.00. The molecule has 0 aromatic heterocycles. The van der Waals surface area contributed by atoms with E-state index in [2.05, 4.69) is 10.2 Å². The maximum absolute atomic E-state index is 12.6. The first kappa shape index (κ1) is 16.0. The van der Waals surface area contributed by atoms with Crippen LogP contribution in [0.15, 0.2) is 24.3 Å². The molecule has 124 valence electrons. The molecule has 5 heteroatoms. The highest BCUT2D eigenvalue weighted by Crippen LogP contribution is 2.18. The molecule has 1 heterocycles. The monoisotopic (exact) mass is 315 g/mol. The van der Waals surface area contributed by atoms with Gasteiger partial charge in [0.05, 0.1) is 6.54 Å². The summed E-state index contributed by atoms with van der Waals surface area (Å²) in [5.74, 6) is 0.212. The Kier molecular flexibility index (Phi) is 4.96. The van der Waals surface area contributed by atoms with Crippen LogP contribution in [0.1, 0.15) is 35.2 Å². The molecule has 0 atom stereocenters. The van der Waals surface area contributed by atoms with Gasteiger partial charge in [-0.3, -0.25) is 14.5 Å². The van der Waals surface area contributed by atoms with Gasteiger partial charge in [-0.2, -0.15) is 0 Å². The summed E-state index contributed by atoms with van der Waals surface area (Å²) in [6, 6.07) is 8.15. The number of nitrogens with zero attached hydrogens (tertiary/aromatic N) is 2. The molecule has 2 fully saturated rings. The summed E-state index contributed by atoms with van der Waals surface area (Å²) >= 11 is 0. The van der Waals surface area contributed by atoms with E-state index < -0.39 is 0 Å². The first-order valence-electron chi connectivity index (χ1n) is 8.49. The Hall–Kier alpha value is -1.88. The minimum absolute atomic E-state index is 0.0954. The van der Waals surface area contributed by atoms with E-state index in [1.54, 1.807) is 0 Å². The maximum Gasteiger partial charge on any atom is 0.253 e. The predicted molar refractivity (Wildman–Crippen MR) is 89.3 cm³/mol. The van der Waals surface area contributed by atoms with Crippen molar-refractivity contribution in [2.75, 3.05) is 32.7 Å². The van der Waals surface area contributed by atoms with Gasteiger partial charge in [-0.1, -0.05) is 17.7 Å². The Morgan fingerprint density at radius 2 is 2.00 bits per heavy atom. The van der Waals surface area contributed by atoms with Gasteiger partial charge in [-0.15, -0.1) is 0 Å². The lowest BCUT2D eigenvalue weighted by atomic mass is 10.1. The molecule has 5 nitrogen and oxygen atoms in total. The largest absolute Gasteiger partial charge is 0.352 e.